The van der Waals surface area contributed by atoms with E-state index in [0.29, 0.717) is 17.4 Å². The van der Waals surface area contributed by atoms with Crippen LogP contribution in [0.5, 0.6) is 0 Å². The van der Waals surface area contributed by atoms with Crippen LogP contribution < -0.4 is 10.5 Å². The van der Waals surface area contributed by atoms with Crippen LogP contribution >= 0.6 is 11.8 Å². The maximum absolute atomic E-state index is 12.7. The van der Waals surface area contributed by atoms with Gasteiger partial charge in [-0.2, -0.15) is 0 Å². The number of amides is 1. The number of carbonyl (C=O) groups is 1. The first-order chi connectivity index (χ1) is 15.4. The number of thioether (sulfide) groups is 1. The molecule has 1 heterocycles. The van der Waals surface area contributed by atoms with Crippen LogP contribution in [0.15, 0.2) is 58.6 Å². The Bertz CT molecular complexity index is 1250. The molecule has 2 aromatic carbocycles. The van der Waals surface area contributed by atoms with Gasteiger partial charge in [0, 0.05) is 17.8 Å². The zero-order valence-corrected chi connectivity index (χ0v) is 21.0. The zero-order valence-electron chi connectivity index (χ0n) is 19.4. The molecule has 3 aromatic rings. The van der Waals surface area contributed by atoms with E-state index in [1.807, 2.05) is 23.6 Å². The van der Waals surface area contributed by atoms with Crippen molar-refractivity contribution in [3.63, 3.8) is 0 Å². The first-order valence-corrected chi connectivity index (χ1v) is 13.0. The Balaban J connectivity index is 1.76. The van der Waals surface area contributed by atoms with Gasteiger partial charge in [0.25, 0.3) is 0 Å². The summed E-state index contributed by atoms with van der Waals surface area (Å²) in [5.74, 6) is 0.460. The molecule has 10 heteroatoms. The lowest BCUT2D eigenvalue weighted by Gasteiger charge is -2.19. The Morgan fingerprint density at radius 2 is 1.82 bits per heavy atom. The maximum Gasteiger partial charge on any atom is 0.238 e. The van der Waals surface area contributed by atoms with E-state index in [4.69, 9.17) is 5.14 Å². The minimum absolute atomic E-state index is 0.0616. The molecule has 3 rings (SSSR count). The standard InChI is InChI=1S/C23H29N5O3S2/c1-6-28-20(16-10-12-17(13-11-16)23(3,4)5)26-27-22(28)32-15(2)21(29)25-18-8-7-9-19(14-18)33(24,30)31/h7-15H,6H2,1-5H3,(H,25,29)(H2,24,30,31). The number of hydrogen-bond donors (Lipinski definition) is 2. The summed E-state index contributed by atoms with van der Waals surface area (Å²) in [5.41, 5.74) is 2.62. The minimum atomic E-state index is -3.85. The van der Waals surface area contributed by atoms with E-state index in [1.165, 1.54) is 35.5 Å². The van der Waals surface area contributed by atoms with Crippen molar-refractivity contribution in [2.24, 2.45) is 5.14 Å². The van der Waals surface area contributed by atoms with Crippen molar-refractivity contribution in [2.45, 2.75) is 61.9 Å². The summed E-state index contributed by atoms with van der Waals surface area (Å²) >= 11 is 1.29. The molecule has 176 valence electrons. The molecule has 0 aliphatic carbocycles. The number of rotatable bonds is 7. The van der Waals surface area contributed by atoms with Crippen molar-refractivity contribution >= 4 is 33.4 Å². The van der Waals surface area contributed by atoms with E-state index in [-0.39, 0.29) is 16.2 Å². The number of nitrogens with one attached hydrogen (secondary N) is 1. The smallest absolute Gasteiger partial charge is 0.238 e. The SMILES string of the molecule is CCn1c(SC(C)C(=O)Nc2cccc(S(N)(=O)=O)c2)nnc1-c1ccc(C(C)(C)C)cc1. The highest BCUT2D eigenvalue weighted by Crippen LogP contribution is 2.29. The van der Waals surface area contributed by atoms with E-state index < -0.39 is 15.3 Å². The summed E-state index contributed by atoms with van der Waals surface area (Å²) in [5, 5.41) is 16.7. The Kier molecular flexibility index (Phi) is 7.30. The molecule has 1 atom stereocenters. The van der Waals surface area contributed by atoms with Crippen LogP contribution in [-0.2, 0) is 26.8 Å². The molecular weight excluding hydrogens is 458 g/mol. The third kappa shape index (κ3) is 6.01. The summed E-state index contributed by atoms with van der Waals surface area (Å²) in [6.45, 7) is 10.9. The van der Waals surface area contributed by atoms with Gasteiger partial charge in [0.15, 0.2) is 11.0 Å². The second-order valence-corrected chi connectivity index (χ2v) is 11.6. The Morgan fingerprint density at radius 3 is 2.39 bits per heavy atom. The van der Waals surface area contributed by atoms with Crippen LogP contribution in [-0.4, -0.2) is 34.3 Å². The van der Waals surface area contributed by atoms with Crippen LogP contribution in [0, 0.1) is 0 Å². The lowest BCUT2D eigenvalue weighted by atomic mass is 9.87. The third-order valence-corrected chi connectivity index (χ3v) is 7.12. The predicted octanol–water partition coefficient (Wildman–Crippen LogP) is 4.03. The van der Waals surface area contributed by atoms with E-state index in [9.17, 15) is 13.2 Å². The Morgan fingerprint density at radius 1 is 1.15 bits per heavy atom. The van der Waals surface area contributed by atoms with Crippen LogP contribution in [0.1, 0.15) is 40.2 Å². The topological polar surface area (TPSA) is 120 Å². The van der Waals surface area contributed by atoms with Gasteiger partial charge in [-0.25, -0.2) is 13.6 Å². The van der Waals surface area contributed by atoms with E-state index in [1.54, 1.807) is 13.0 Å². The molecule has 0 saturated carbocycles. The normalized spacial score (nSPS) is 13.0. The second-order valence-electron chi connectivity index (χ2n) is 8.70. The van der Waals surface area contributed by atoms with Gasteiger partial charge in [-0.1, -0.05) is 62.9 Å². The molecule has 0 saturated heterocycles. The lowest BCUT2D eigenvalue weighted by Crippen LogP contribution is -2.23. The highest BCUT2D eigenvalue weighted by Gasteiger charge is 2.21. The minimum Gasteiger partial charge on any atom is -0.325 e. The van der Waals surface area contributed by atoms with Gasteiger partial charge < -0.3 is 9.88 Å². The zero-order chi connectivity index (χ0) is 24.4. The first-order valence-electron chi connectivity index (χ1n) is 10.5. The number of nitrogens with two attached hydrogens (primary N) is 1. The lowest BCUT2D eigenvalue weighted by molar-refractivity contribution is -0.115. The average Bonchev–Trinajstić information content (AvgIpc) is 3.15. The van der Waals surface area contributed by atoms with Crippen molar-refractivity contribution < 1.29 is 13.2 Å². The van der Waals surface area contributed by atoms with Crippen molar-refractivity contribution in [2.75, 3.05) is 5.32 Å². The number of sulfonamides is 1. The summed E-state index contributed by atoms with van der Waals surface area (Å²) in [6.07, 6.45) is 0. The summed E-state index contributed by atoms with van der Waals surface area (Å²) < 4.78 is 25.1. The molecule has 1 unspecified atom stereocenters. The van der Waals surface area contributed by atoms with Crippen LogP contribution in [0.3, 0.4) is 0 Å². The van der Waals surface area contributed by atoms with Crippen LogP contribution in [0.25, 0.3) is 11.4 Å². The summed E-state index contributed by atoms with van der Waals surface area (Å²) in [4.78, 5) is 12.7. The fraction of sp³-hybridized carbons (Fsp3) is 0.348. The van der Waals surface area contributed by atoms with Gasteiger partial charge in [-0.05, 0) is 43.0 Å². The molecule has 0 aliphatic rings. The van der Waals surface area contributed by atoms with Gasteiger partial charge in [0.05, 0.1) is 10.1 Å². The number of nitrogens with zero attached hydrogens (tertiary/aromatic N) is 3. The van der Waals surface area contributed by atoms with Gasteiger partial charge in [0.1, 0.15) is 0 Å². The average molecular weight is 488 g/mol. The molecule has 33 heavy (non-hydrogen) atoms. The van der Waals surface area contributed by atoms with Gasteiger partial charge in [-0.15, -0.1) is 10.2 Å². The van der Waals surface area contributed by atoms with E-state index >= 15 is 0 Å². The number of benzene rings is 2. The van der Waals surface area contributed by atoms with Gasteiger partial charge >= 0.3 is 0 Å². The molecule has 0 radical (unpaired) electrons. The molecular formula is C23H29N5O3S2. The van der Waals surface area contributed by atoms with Crippen molar-refractivity contribution in [3.05, 3.63) is 54.1 Å². The molecule has 8 nitrogen and oxygen atoms in total. The number of hydrogen-bond acceptors (Lipinski definition) is 6. The maximum atomic E-state index is 12.7. The summed E-state index contributed by atoms with van der Waals surface area (Å²) in [7, 11) is -3.85. The summed E-state index contributed by atoms with van der Waals surface area (Å²) in [6, 6.07) is 14.1. The number of primary sulfonamides is 1. The van der Waals surface area contributed by atoms with Crippen molar-refractivity contribution in [3.8, 4) is 11.4 Å². The third-order valence-electron chi connectivity index (χ3n) is 5.12. The van der Waals surface area contributed by atoms with Crippen molar-refractivity contribution in [1.82, 2.24) is 14.8 Å². The fourth-order valence-corrected chi connectivity index (χ4v) is 4.67. The highest BCUT2D eigenvalue weighted by molar-refractivity contribution is 8.00. The number of aromatic nitrogens is 3. The molecule has 1 amide bonds. The van der Waals surface area contributed by atoms with E-state index in [0.717, 1.165) is 11.4 Å². The molecule has 0 fully saturated rings. The van der Waals surface area contributed by atoms with Crippen molar-refractivity contribution in [1.29, 1.82) is 0 Å². The molecule has 1 aromatic heterocycles. The number of carbonyl (C=O) groups excluding carboxylic acids is 1. The highest BCUT2D eigenvalue weighted by atomic mass is 32.2. The quantitative estimate of drug-likeness (QED) is 0.486. The molecule has 0 bridgehead atoms. The monoisotopic (exact) mass is 487 g/mol. The molecule has 3 N–H and O–H groups in total. The Labute approximate surface area is 199 Å². The van der Waals surface area contributed by atoms with Crippen LogP contribution in [0.4, 0.5) is 5.69 Å². The largest absolute Gasteiger partial charge is 0.325 e. The molecule has 0 spiro atoms. The Hall–Kier alpha value is -2.69. The number of anilines is 1. The first kappa shape index (κ1) is 24.9. The van der Waals surface area contributed by atoms with Gasteiger partial charge in [-0.3, -0.25) is 4.79 Å². The second kappa shape index (κ2) is 9.66. The van der Waals surface area contributed by atoms with E-state index in [2.05, 4.69) is 48.4 Å². The fourth-order valence-electron chi connectivity index (χ4n) is 3.20. The predicted molar refractivity (Wildman–Crippen MR) is 132 cm³/mol. The molecule has 0 aliphatic heterocycles. The van der Waals surface area contributed by atoms with Crippen LogP contribution in [0.2, 0.25) is 0 Å². The van der Waals surface area contributed by atoms with Gasteiger partial charge in [0.2, 0.25) is 15.9 Å².